The van der Waals surface area contributed by atoms with Crippen molar-refractivity contribution >= 4 is 26.8 Å². The molecule has 0 amide bonds. The molecule has 3 heterocycles. The normalized spacial score (nSPS) is 27.5. The number of sulfonamides is 1. The Hall–Kier alpha value is -2.00. The van der Waals surface area contributed by atoms with Gasteiger partial charge in [0.2, 0.25) is 10.0 Å². The molecule has 3 atom stereocenters. The van der Waals surface area contributed by atoms with Crippen LogP contribution in [0.3, 0.4) is 0 Å². The van der Waals surface area contributed by atoms with Crippen molar-refractivity contribution < 1.29 is 8.42 Å². The molecule has 132 valence electrons. The second-order valence-electron chi connectivity index (χ2n) is 7.34. The van der Waals surface area contributed by atoms with Crippen molar-refractivity contribution in [2.75, 3.05) is 0 Å². The molecule has 2 aliphatic rings. The zero-order valence-corrected chi connectivity index (χ0v) is 14.7. The summed E-state index contributed by atoms with van der Waals surface area (Å²) in [5, 5.41) is 8.50. The minimum Gasteiger partial charge on any atom is -0.345 e. The van der Waals surface area contributed by atoms with Crippen LogP contribution in [-0.4, -0.2) is 44.3 Å². The lowest BCUT2D eigenvalue weighted by atomic mass is 9.97. The first-order valence-corrected chi connectivity index (χ1v) is 10.3. The van der Waals surface area contributed by atoms with E-state index in [4.69, 9.17) is 0 Å². The van der Waals surface area contributed by atoms with Crippen LogP contribution in [-0.2, 0) is 10.0 Å². The Labute approximate surface area is 145 Å². The summed E-state index contributed by atoms with van der Waals surface area (Å²) >= 11 is 0. The van der Waals surface area contributed by atoms with Gasteiger partial charge in [-0.25, -0.2) is 18.1 Å². The highest BCUT2D eigenvalue weighted by Gasteiger charge is 2.41. The molecule has 1 unspecified atom stereocenters. The molecule has 2 aliphatic carbocycles. The molecule has 3 aromatic rings. The predicted molar refractivity (Wildman–Crippen MR) is 92.6 cm³/mol. The number of rotatable bonds is 4. The summed E-state index contributed by atoms with van der Waals surface area (Å²) in [6, 6.07) is 1.94. The van der Waals surface area contributed by atoms with Crippen LogP contribution in [0.25, 0.3) is 16.8 Å². The molecule has 25 heavy (non-hydrogen) atoms. The maximum atomic E-state index is 12.2. The van der Waals surface area contributed by atoms with Gasteiger partial charge in [-0.1, -0.05) is 6.92 Å². The number of aromatic amines is 1. The number of aromatic nitrogens is 5. The van der Waals surface area contributed by atoms with Crippen LogP contribution in [0, 0.1) is 5.92 Å². The molecular formula is C16H20N6O2S. The summed E-state index contributed by atoms with van der Waals surface area (Å²) in [5.74, 6) is 1.39. The maximum Gasteiger partial charge on any atom is 0.214 e. The van der Waals surface area contributed by atoms with Crippen LogP contribution in [0.5, 0.6) is 0 Å². The van der Waals surface area contributed by atoms with Crippen LogP contribution in [0.15, 0.2) is 18.5 Å². The van der Waals surface area contributed by atoms with Crippen LogP contribution < -0.4 is 4.72 Å². The van der Waals surface area contributed by atoms with Gasteiger partial charge in [0.15, 0.2) is 11.3 Å². The minimum atomic E-state index is -3.16. The molecule has 0 spiro atoms. The van der Waals surface area contributed by atoms with Crippen molar-refractivity contribution in [2.45, 2.75) is 49.8 Å². The average molecular weight is 360 g/mol. The van der Waals surface area contributed by atoms with E-state index in [0.717, 1.165) is 48.3 Å². The zero-order valence-electron chi connectivity index (χ0n) is 13.9. The topological polar surface area (TPSA) is 105 Å². The Morgan fingerprint density at radius 2 is 2.12 bits per heavy atom. The number of fused-ring (bicyclic) bond motifs is 3. The molecule has 2 saturated carbocycles. The van der Waals surface area contributed by atoms with E-state index in [1.807, 2.05) is 16.7 Å². The number of nitrogens with one attached hydrogen (secondary N) is 2. The molecule has 3 aromatic heterocycles. The molecule has 0 radical (unpaired) electrons. The van der Waals surface area contributed by atoms with Gasteiger partial charge in [0.1, 0.15) is 5.82 Å². The molecule has 0 aliphatic heterocycles. The van der Waals surface area contributed by atoms with Gasteiger partial charge in [-0.05, 0) is 37.7 Å². The molecule has 8 nitrogen and oxygen atoms in total. The summed E-state index contributed by atoms with van der Waals surface area (Å²) in [6.07, 6.45) is 6.71. The van der Waals surface area contributed by atoms with E-state index in [9.17, 15) is 8.42 Å². The summed E-state index contributed by atoms with van der Waals surface area (Å²) in [6.45, 7) is 2.16. The van der Waals surface area contributed by atoms with E-state index in [2.05, 4.69) is 31.8 Å². The molecule has 5 rings (SSSR count). The Morgan fingerprint density at radius 1 is 1.28 bits per heavy atom. The first-order valence-electron chi connectivity index (χ1n) is 8.71. The Bertz CT molecular complexity index is 1050. The monoisotopic (exact) mass is 360 g/mol. The van der Waals surface area contributed by atoms with Gasteiger partial charge in [-0.2, -0.15) is 0 Å². The number of nitrogens with zero attached hydrogens (tertiary/aromatic N) is 4. The first kappa shape index (κ1) is 15.3. The Balaban J connectivity index is 1.49. The van der Waals surface area contributed by atoms with E-state index in [-0.39, 0.29) is 17.2 Å². The lowest BCUT2D eigenvalue weighted by molar-refractivity contribution is 0.505. The molecule has 9 heteroatoms. The Morgan fingerprint density at radius 3 is 2.92 bits per heavy atom. The zero-order chi connectivity index (χ0) is 17.2. The third-order valence-corrected chi connectivity index (χ3v) is 7.49. The highest BCUT2D eigenvalue weighted by Crippen LogP contribution is 2.40. The van der Waals surface area contributed by atoms with E-state index >= 15 is 0 Å². The van der Waals surface area contributed by atoms with Gasteiger partial charge < -0.3 is 4.98 Å². The van der Waals surface area contributed by atoms with Crippen molar-refractivity contribution in [3.8, 4) is 0 Å². The van der Waals surface area contributed by atoms with Crippen LogP contribution in [0.1, 0.15) is 44.3 Å². The maximum absolute atomic E-state index is 12.2. The van der Waals surface area contributed by atoms with Crippen LogP contribution in [0.4, 0.5) is 0 Å². The summed E-state index contributed by atoms with van der Waals surface area (Å²) in [5.41, 5.74) is 2.47. The van der Waals surface area contributed by atoms with Crippen molar-refractivity contribution in [3.05, 3.63) is 24.3 Å². The smallest absolute Gasteiger partial charge is 0.214 e. The van der Waals surface area contributed by atoms with Gasteiger partial charge in [0.25, 0.3) is 0 Å². The van der Waals surface area contributed by atoms with Gasteiger partial charge >= 0.3 is 0 Å². The van der Waals surface area contributed by atoms with Gasteiger partial charge in [0.05, 0.1) is 17.0 Å². The minimum absolute atomic E-state index is 0.0264. The van der Waals surface area contributed by atoms with Gasteiger partial charge in [-0.3, -0.25) is 4.40 Å². The van der Waals surface area contributed by atoms with E-state index in [1.165, 1.54) is 0 Å². The average Bonchev–Trinajstić information content (AvgIpc) is 3.03. The van der Waals surface area contributed by atoms with Crippen molar-refractivity contribution in [1.82, 2.24) is 29.3 Å². The lowest BCUT2D eigenvalue weighted by Gasteiger charge is -2.13. The lowest BCUT2D eigenvalue weighted by Crippen LogP contribution is -2.35. The fourth-order valence-electron chi connectivity index (χ4n) is 4.05. The summed E-state index contributed by atoms with van der Waals surface area (Å²) < 4.78 is 29.4. The highest BCUT2D eigenvalue weighted by atomic mass is 32.2. The largest absolute Gasteiger partial charge is 0.345 e. The van der Waals surface area contributed by atoms with E-state index in [1.54, 1.807) is 6.20 Å². The SMILES string of the molecule is CC1C[C@@H](NS(=O)(=O)C2CC2)C[C@H]1c1nnc2cnc3[nH]ccc3n12. The van der Waals surface area contributed by atoms with Crippen LogP contribution >= 0.6 is 0 Å². The number of hydrogen-bond donors (Lipinski definition) is 2. The van der Waals surface area contributed by atoms with Crippen molar-refractivity contribution in [2.24, 2.45) is 5.92 Å². The molecule has 2 fully saturated rings. The summed E-state index contributed by atoms with van der Waals surface area (Å²) in [7, 11) is -3.16. The van der Waals surface area contributed by atoms with Gasteiger partial charge in [-0.15, -0.1) is 10.2 Å². The standard InChI is InChI=1S/C16H20N6O2S/c1-9-6-10(21-25(23,24)11-2-3-11)7-12(9)16-20-19-14-8-18-15-13(22(14)16)4-5-17-15/h4-5,8-12,17,21H,2-3,6-7H2,1H3/t9?,10-,12-/m1/s1. The number of hydrogen-bond acceptors (Lipinski definition) is 5. The quantitative estimate of drug-likeness (QED) is 0.735. The first-order chi connectivity index (χ1) is 12.0. The number of H-pyrrole nitrogens is 1. The molecular weight excluding hydrogens is 340 g/mol. The van der Waals surface area contributed by atoms with Gasteiger partial charge in [0, 0.05) is 18.2 Å². The van der Waals surface area contributed by atoms with E-state index < -0.39 is 10.0 Å². The third kappa shape index (κ3) is 2.44. The van der Waals surface area contributed by atoms with Crippen molar-refractivity contribution in [1.29, 1.82) is 0 Å². The van der Waals surface area contributed by atoms with Crippen molar-refractivity contribution in [3.63, 3.8) is 0 Å². The fourth-order valence-corrected chi connectivity index (χ4v) is 5.66. The van der Waals surface area contributed by atoms with Crippen LogP contribution in [0.2, 0.25) is 0 Å². The predicted octanol–water partition coefficient (Wildman–Crippen LogP) is 1.57. The fraction of sp³-hybridized carbons (Fsp3) is 0.562. The second-order valence-corrected chi connectivity index (χ2v) is 9.33. The molecule has 0 bridgehead atoms. The molecule has 0 saturated heterocycles. The third-order valence-electron chi connectivity index (χ3n) is 5.47. The Kier molecular flexibility index (Phi) is 3.21. The summed E-state index contributed by atoms with van der Waals surface area (Å²) in [4.78, 5) is 7.46. The molecule has 0 aromatic carbocycles. The second kappa shape index (κ2) is 5.25. The van der Waals surface area contributed by atoms with E-state index in [0.29, 0.717) is 5.92 Å². The molecule has 2 N–H and O–H groups in total. The highest BCUT2D eigenvalue weighted by molar-refractivity contribution is 7.90.